The molecule has 0 N–H and O–H groups in total. The Kier molecular flexibility index (Phi) is 4.60. The Morgan fingerprint density at radius 2 is 1.87 bits per heavy atom. The Hall–Kier alpha value is -0.0800. The van der Waals surface area contributed by atoms with Crippen LogP contribution >= 0.6 is 27.5 Å². The maximum absolute atomic E-state index is 13.6. The van der Waals surface area contributed by atoms with Gasteiger partial charge in [0.25, 0.3) is 0 Å². The van der Waals surface area contributed by atoms with Gasteiger partial charge in [-0.2, -0.15) is 0 Å². The van der Waals surface area contributed by atoms with Crippen molar-refractivity contribution in [3.63, 3.8) is 0 Å². The van der Waals surface area contributed by atoms with Gasteiger partial charge in [-0.25, -0.2) is 4.39 Å². The van der Waals surface area contributed by atoms with Gasteiger partial charge in [0.15, 0.2) is 0 Å². The topological polar surface area (TPSA) is 0 Å². The number of halogens is 3. The average Bonchev–Trinajstić information content (AvgIpc) is 2.15. The van der Waals surface area contributed by atoms with E-state index in [1.165, 1.54) is 6.07 Å². The van der Waals surface area contributed by atoms with E-state index in [4.69, 9.17) is 11.6 Å². The molecule has 0 aliphatic heterocycles. The summed E-state index contributed by atoms with van der Waals surface area (Å²) in [7, 11) is 0. The molecular formula is C12H15BrClF. The number of benzene rings is 1. The van der Waals surface area contributed by atoms with Crippen molar-refractivity contribution in [2.75, 3.05) is 0 Å². The summed E-state index contributed by atoms with van der Waals surface area (Å²) >= 11 is 9.60. The van der Waals surface area contributed by atoms with E-state index in [2.05, 4.69) is 29.8 Å². The third-order valence-corrected chi connectivity index (χ3v) is 4.75. The van der Waals surface area contributed by atoms with Gasteiger partial charge in [0, 0.05) is 15.4 Å². The molecule has 2 unspecified atom stereocenters. The molecular weight excluding hydrogens is 278 g/mol. The summed E-state index contributed by atoms with van der Waals surface area (Å²) in [6, 6.07) is 4.82. The summed E-state index contributed by atoms with van der Waals surface area (Å²) in [6.45, 7) is 6.19. The first-order valence-corrected chi connectivity index (χ1v) is 6.32. The molecule has 0 bridgehead atoms. The monoisotopic (exact) mass is 292 g/mol. The zero-order valence-electron chi connectivity index (χ0n) is 9.10. The maximum atomic E-state index is 13.6. The predicted molar refractivity (Wildman–Crippen MR) is 67.4 cm³/mol. The molecule has 0 aromatic heterocycles. The minimum atomic E-state index is -0.222. The lowest BCUT2D eigenvalue weighted by atomic mass is 9.91. The van der Waals surface area contributed by atoms with Crippen molar-refractivity contribution >= 4 is 27.5 Å². The average molecular weight is 294 g/mol. The van der Waals surface area contributed by atoms with Gasteiger partial charge in [-0.1, -0.05) is 54.4 Å². The van der Waals surface area contributed by atoms with Crippen LogP contribution in [0.2, 0.25) is 5.02 Å². The summed E-state index contributed by atoms with van der Waals surface area (Å²) in [5.74, 6) is 0.287. The Labute approximate surface area is 104 Å². The molecule has 0 nitrogen and oxygen atoms in total. The second-order valence-corrected chi connectivity index (χ2v) is 5.58. The largest absolute Gasteiger partial charge is 0.207 e. The highest BCUT2D eigenvalue weighted by Crippen LogP contribution is 2.35. The second kappa shape index (κ2) is 5.31. The van der Waals surface area contributed by atoms with E-state index in [9.17, 15) is 4.39 Å². The fourth-order valence-corrected chi connectivity index (χ4v) is 2.28. The summed E-state index contributed by atoms with van der Waals surface area (Å²) < 4.78 is 13.6. The smallest absolute Gasteiger partial charge is 0.128 e. The zero-order chi connectivity index (χ0) is 11.6. The summed E-state index contributed by atoms with van der Waals surface area (Å²) in [6.07, 6.45) is 0. The van der Waals surface area contributed by atoms with Crippen LogP contribution in [0.4, 0.5) is 4.39 Å². The molecule has 0 radical (unpaired) electrons. The first-order valence-electron chi connectivity index (χ1n) is 5.03. The van der Waals surface area contributed by atoms with Crippen LogP contribution in [0.15, 0.2) is 18.2 Å². The fourth-order valence-electron chi connectivity index (χ4n) is 1.68. The van der Waals surface area contributed by atoms with E-state index in [-0.39, 0.29) is 16.6 Å². The van der Waals surface area contributed by atoms with Crippen LogP contribution < -0.4 is 0 Å². The van der Waals surface area contributed by atoms with Crippen molar-refractivity contribution in [3.8, 4) is 0 Å². The highest BCUT2D eigenvalue weighted by atomic mass is 79.9. The van der Waals surface area contributed by atoms with Crippen LogP contribution in [0.1, 0.15) is 32.3 Å². The normalized spacial score (nSPS) is 15.4. The molecule has 0 aliphatic rings. The van der Waals surface area contributed by atoms with Crippen molar-refractivity contribution in [2.45, 2.75) is 31.5 Å². The van der Waals surface area contributed by atoms with Gasteiger partial charge in [-0.05, 0) is 24.0 Å². The van der Waals surface area contributed by atoms with Crippen molar-refractivity contribution in [3.05, 3.63) is 34.6 Å². The van der Waals surface area contributed by atoms with E-state index in [1.54, 1.807) is 12.1 Å². The Morgan fingerprint density at radius 1 is 1.27 bits per heavy atom. The van der Waals surface area contributed by atoms with Crippen molar-refractivity contribution < 1.29 is 4.39 Å². The van der Waals surface area contributed by atoms with E-state index in [0.717, 1.165) is 0 Å². The van der Waals surface area contributed by atoms with Crippen LogP contribution in [0.25, 0.3) is 0 Å². The molecule has 3 heteroatoms. The lowest BCUT2D eigenvalue weighted by Gasteiger charge is -2.23. The molecule has 0 spiro atoms. The van der Waals surface area contributed by atoms with E-state index >= 15 is 0 Å². The lowest BCUT2D eigenvalue weighted by Crippen LogP contribution is -2.17. The maximum Gasteiger partial charge on any atom is 0.128 e. The highest BCUT2D eigenvalue weighted by molar-refractivity contribution is 9.09. The van der Waals surface area contributed by atoms with Crippen molar-refractivity contribution in [2.24, 2.45) is 5.92 Å². The first-order chi connectivity index (χ1) is 6.95. The summed E-state index contributed by atoms with van der Waals surface area (Å²) in [5, 5.41) is 0.507. The van der Waals surface area contributed by atoms with Gasteiger partial charge in [0.1, 0.15) is 5.82 Å². The zero-order valence-corrected chi connectivity index (χ0v) is 11.4. The lowest BCUT2D eigenvalue weighted by molar-refractivity contribution is 0.522. The van der Waals surface area contributed by atoms with Gasteiger partial charge in [0.05, 0.1) is 0 Å². The number of hydrogen-bond donors (Lipinski definition) is 0. The Morgan fingerprint density at radius 3 is 2.33 bits per heavy atom. The van der Waals surface area contributed by atoms with Gasteiger partial charge in [-0.15, -0.1) is 0 Å². The molecule has 1 rings (SSSR count). The quantitative estimate of drug-likeness (QED) is 0.688. The van der Waals surface area contributed by atoms with Crippen LogP contribution in [0, 0.1) is 11.7 Å². The third kappa shape index (κ3) is 2.94. The fraction of sp³-hybridized carbons (Fsp3) is 0.500. The minimum Gasteiger partial charge on any atom is -0.207 e. The molecule has 1 aromatic rings. The van der Waals surface area contributed by atoms with Crippen LogP contribution in [-0.2, 0) is 0 Å². The van der Waals surface area contributed by atoms with Crippen LogP contribution in [0.5, 0.6) is 0 Å². The van der Waals surface area contributed by atoms with E-state index in [0.29, 0.717) is 16.5 Å². The van der Waals surface area contributed by atoms with Crippen LogP contribution in [0.3, 0.4) is 0 Å². The number of hydrogen-bond acceptors (Lipinski definition) is 0. The molecule has 0 fully saturated rings. The Bertz CT molecular complexity index is 318. The van der Waals surface area contributed by atoms with Gasteiger partial charge >= 0.3 is 0 Å². The molecule has 1 aromatic carbocycles. The van der Waals surface area contributed by atoms with Crippen molar-refractivity contribution in [1.29, 1.82) is 0 Å². The molecule has 2 atom stereocenters. The number of alkyl halides is 1. The molecule has 0 saturated carbocycles. The summed E-state index contributed by atoms with van der Waals surface area (Å²) in [4.78, 5) is 0.229. The summed E-state index contributed by atoms with van der Waals surface area (Å²) in [5.41, 5.74) is 0.606. The van der Waals surface area contributed by atoms with Gasteiger partial charge in [-0.3, -0.25) is 0 Å². The second-order valence-electron chi connectivity index (χ2n) is 4.11. The molecule has 0 saturated heterocycles. The third-order valence-electron chi connectivity index (χ3n) is 2.57. The molecule has 0 heterocycles. The van der Waals surface area contributed by atoms with E-state index in [1.807, 2.05) is 6.92 Å². The van der Waals surface area contributed by atoms with Gasteiger partial charge < -0.3 is 0 Å². The van der Waals surface area contributed by atoms with Crippen LogP contribution in [-0.4, -0.2) is 4.83 Å². The standard InChI is InChI=1S/C12H15BrClF/c1-7(2)12(13)8(3)11-9(14)5-4-6-10(11)15/h4-8,12H,1-3H3. The highest BCUT2D eigenvalue weighted by Gasteiger charge is 2.23. The first kappa shape index (κ1) is 13.0. The number of rotatable bonds is 3. The van der Waals surface area contributed by atoms with Gasteiger partial charge in [0.2, 0.25) is 0 Å². The van der Waals surface area contributed by atoms with E-state index < -0.39 is 0 Å². The van der Waals surface area contributed by atoms with Crippen molar-refractivity contribution in [1.82, 2.24) is 0 Å². The minimum absolute atomic E-state index is 0.0682. The predicted octanol–water partition coefficient (Wildman–Crippen LogP) is 5.00. The molecule has 0 aliphatic carbocycles. The molecule has 84 valence electrons. The SMILES string of the molecule is CC(C)C(Br)C(C)c1c(F)cccc1Cl. The molecule has 0 amide bonds. The molecule has 15 heavy (non-hydrogen) atoms. The Balaban J connectivity index is 3.05.